The molecule has 0 saturated carbocycles. The number of hydrogen-bond donors (Lipinski definition) is 1. The summed E-state index contributed by atoms with van der Waals surface area (Å²) in [5, 5.41) is 7.14. The summed E-state index contributed by atoms with van der Waals surface area (Å²) < 4.78 is 1.71. The molecule has 5 nitrogen and oxygen atoms in total. The lowest BCUT2D eigenvalue weighted by Crippen LogP contribution is -2.34. The molecule has 0 unspecified atom stereocenters. The summed E-state index contributed by atoms with van der Waals surface area (Å²) in [6.45, 7) is 7.75. The van der Waals surface area contributed by atoms with E-state index in [-0.39, 0.29) is 5.91 Å². The zero-order chi connectivity index (χ0) is 13.7. The van der Waals surface area contributed by atoms with Gasteiger partial charge < -0.3 is 10.2 Å². The molecule has 2 heterocycles. The third kappa shape index (κ3) is 3.32. The summed E-state index contributed by atoms with van der Waals surface area (Å²) in [7, 11) is 0. The largest absolute Gasteiger partial charge is 0.349 e. The van der Waals surface area contributed by atoms with Gasteiger partial charge in [0.05, 0.1) is 5.52 Å². The van der Waals surface area contributed by atoms with Crippen molar-refractivity contribution >= 4 is 11.4 Å². The highest BCUT2D eigenvalue weighted by Gasteiger charge is 2.10. The molecule has 0 saturated heterocycles. The first-order valence-corrected chi connectivity index (χ1v) is 6.69. The second kappa shape index (κ2) is 6.33. The van der Waals surface area contributed by atoms with Crippen LogP contribution in [0.5, 0.6) is 0 Å². The Balaban J connectivity index is 1.92. The number of likely N-dealkylation sites (N-methyl/N-ethyl adjacent to an activating group) is 1. The lowest BCUT2D eigenvalue weighted by molar-refractivity contribution is 0.0943. The number of aromatic nitrogens is 2. The van der Waals surface area contributed by atoms with Gasteiger partial charge in [0, 0.05) is 19.3 Å². The molecule has 102 valence electrons. The Morgan fingerprint density at radius 1 is 1.37 bits per heavy atom. The molecule has 2 aromatic heterocycles. The molecule has 0 atom stereocenters. The van der Waals surface area contributed by atoms with Crippen molar-refractivity contribution in [2.24, 2.45) is 0 Å². The Morgan fingerprint density at radius 2 is 2.16 bits per heavy atom. The van der Waals surface area contributed by atoms with Gasteiger partial charge in [-0.3, -0.25) is 4.79 Å². The standard InChI is InChI=1S/C14H20N4O/c1-3-17(4-2)10-8-15-14(19)13-11-12-7-5-6-9-18(12)16-13/h5-7,9,11H,3-4,8,10H2,1-2H3,(H,15,19). The normalized spacial score (nSPS) is 11.1. The highest BCUT2D eigenvalue weighted by molar-refractivity contribution is 5.93. The summed E-state index contributed by atoms with van der Waals surface area (Å²) in [6, 6.07) is 7.55. The van der Waals surface area contributed by atoms with E-state index in [1.54, 1.807) is 10.6 Å². The van der Waals surface area contributed by atoms with E-state index in [0.29, 0.717) is 12.2 Å². The maximum Gasteiger partial charge on any atom is 0.271 e. The molecular weight excluding hydrogens is 240 g/mol. The van der Waals surface area contributed by atoms with Crippen molar-refractivity contribution in [1.29, 1.82) is 0 Å². The summed E-state index contributed by atoms with van der Waals surface area (Å²) in [6.07, 6.45) is 1.84. The highest BCUT2D eigenvalue weighted by atomic mass is 16.1. The van der Waals surface area contributed by atoms with Crippen molar-refractivity contribution in [3.05, 3.63) is 36.2 Å². The van der Waals surface area contributed by atoms with Crippen molar-refractivity contribution in [3.63, 3.8) is 0 Å². The molecule has 2 aromatic rings. The van der Waals surface area contributed by atoms with Crippen LogP contribution in [-0.2, 0) is 0 Å². The fourth-order valence-electron chi connectivity index (χ4n) is 2.01. The maximum atomic E-state index is 12.0. The topological polar surface area (TPSA) is 49.6 Å². The van der Waals surface area contributed by atoms with Crippen LogP contribution in [0.15, 0.2) is 30.5 Å². The molecule has 0 fully saturated rings. The molecule has 2 rings (SSSR count). The third-order valence-corrected chi connectivity index (χ3v) is 3.21. The first-order valence-electron chi connectivity index (χ1n) is 6.69. The van der Waals surface area contributed by atoms with Crippen LogP contribution in [-0.4, -0.2) is 46.6 Å². The summed E-state index contributed by atoms with van der Waals surface area (Å²) in [5.41, 5.74) is 1.39. The van der Waals surface area contributed by atoms with Gasteiger partial charge in [0.2, 0.25) is 0 Å². The van der Waals surface area contributed by atoms with Gasteiger partial charge in [-0.1, -0.05) is 19.9 Å². The number of carbonyl (C=O) groups is 1. The van der Waals surface area contributed by atoms with E-state index in [1.807, 2.05) is 24.4 Å². The molecule has 0 aliphatic rings. The van der Waals surface area contributed by atoms with Crippen LogP contribution in [0.3, 0.4) is 0 Å². The molecule has 0 aliphatic carbocycles. The first kappa shape index (κ1) is 13.5. The van der Waals surface area contributed by atoms with Crippen molar-refractivity contribution in [2.45, 2.75) is 13.8 Å². The van der Waals surface area contributed by atoms with Gasteiger partial charge in [0.15, 0.2) is 5.69 Å². The van der Waals surface area contributed by atoms with Crippen LogP contribution >= 0.6 is 0 Å². The predicted octanol–water partition coefficient (Wildman–Crippen LogP) is 1.41. The van der Waals surface area contributed by atoms with Crippen LogP contribution in [0.1, 0.15) is 24.3 Å². The van der Waals surface area contributed by atoms with Gasteiger partial charge in [-0.25, -0.2) is 4.52 Å². The van der Waals surface area contributed by atoms with Crippen molar-refractivity contribution < 1.29 is 4.79 Å². The predicted molar refractivity (Wildman–Crippen MR) is 75.3 cm³/mol. The second-order valence-electron chi connectivity index (χ2n) is 4.38. The maximum absolute atomic E-state index is 12.0. The van der Waals surface area contributed by atoms with E-state index in [2.05, 4.69) is 29.2 Å². The van der Waals surface area contributed by atoms with Crippen molar-refractivity contribution in [2.75, 3.05) is 26.2 Å². The van der Waals surface area contributed by atoms with Gasteiger partial charge in [0.1, 0.15) is 0 Å². The van der Waals surface area contributed by atoms with Gasteiger partial charge in [-0.15, -0.1) is 0 Å². The minimum Gasteiger partial charge on any atom is -0.349 e. The monoisotopic (exact) mass is 260 g/mol. The number of fused-ring (bicyclic) bond motifs is 1. The van der Waals surface area contributed by atoms with Crippen LogP contribution < -0.4 is 5.32 Å². The molecule has 1 amide bonds. The Bertz CT molecular complexity index is 512. The number of rotatable bonds is 6. The quantitative estimate of drug-likeness (QED) is 0.854. The Morgan fingerprint density at radius 3 is 2.84 bits per heavy atom. The van der Waals surface area contributed by atoms with Gasteiger partial charge in [0.25, 0.3) is 5.91 Å². The number of hydrogen-bond acceptors (Lipinski definition) is 3. The molecule has 0 radical (unpaired) electrons. The average Bonchev–Trinajstić information content (AvgIpc) is 2.87. The molecule has 0 spiro atoms. The van der Waals surface area contributed by atoms with E-state index in [1.165, 1.54) is 0 Å². The lowest BCUT2D eigenvalue weighted by Gasteiger charge is -2.17. The number of pyridine rings is 1. The van der Waals surface area contributed by atoms with Crippen LogP contribution in [0.2, 0.25) is 0 Å². The molecule has 0 aliphatic heterocycles. The third-order valence-electron chi connectivity index (χ3n) is 3.21. The number of nitrogens with one attached hydrogen (secondary N) is 1. The van der Waals surface area contributed by atoms with E-state index in [9.17, 15) is 4.79 Å². The van der Waals surface area contributed by atoms with E-state index < -0.39 is 0 Å². The molecule has 5 heteroatoms. The minimum absolute atomic E-state index is 0.115. The van der Waals surface area contributed by atoms with Crippen LogP contribution in [0.4, 0.5) is 0 Å². The van der Waals surface area contributed by atoms with E-state index in [4.69, 9.17) is 0 Å². The van der Waals surface area contributed by atoms with Crippen LogP contribution in [0.25, 0.3) is 5.52 Å². The highest BCUT2D eigenvalue weighted by Crippen LogP contribution is 2.05. The molecule has 19 heavy (non-hydrogen) atoms. The lowest BCUT2D eigenvalue weighted by atomic mass is 10.3. The zero-order valence-corrected chi connectivity index (χ0v) is 11.5. The average molecular weight is 260 g/mol. The van der Waals surface area contributed by atoms with Crippen molar-refractivity contribution in [3.8, 4) is 0 Å². The molecule has 0 aromatic carbocycles. The summed E-state index contributed by atoms with van der Waals surface area (Å²) in [4.78, 5) is 14.2. The Kier molecular flexibility index (Phi) is 4.52. The van der Waals surface area contributed by atoms with Gasteiger partial charge in [-0.05, 0) is 31.3 Å². The number of amides is 1. The zero-order valence-electron chi connectivity index (χ0n) is 11.5. The van der Waals surface area contributed by atoms with Gasteiger partial charge >= 0.3 is 0 Å². The van der Waals surface area contributed by atoms with Crippen molar-refractivity contribution in [1.82, 2.24) is 19.8 Å². The van der Waals surface area contributed by atoms with Gasteiger partial charge in [-0.2, -0.15) is 5.10 Å². The Hall–Kier alpha value is -1.88. The molecule has 1 N–H and O–H groups in total. The van der Waals surface area contributed by atoms with E-state index >= 15 is 0 Å². The fourth-order valence-corrected chi connectivity index (χ4v) is 2.01. The smallest absolute Gasteiger partial charge is 0.271 e. The number of nitrogens with zero attached hydrogens (tertiary/aromatic N) is 3. The SMILES string of the molecule is CCN(CC)CCNC(=O)c1cc2ccccn2n1. The fraction of sp³-hybridized carbons (Fsp3) is 0.429. The Labute approximate surface area is 113 Å². The van der Waals surface area contributed by atoms with E-state index in [0.717, 1.165) is 25.2 Å². The minimum atomic E-state index is -0.115. The second-order valence-corrected chi connectivity index (χ2v) is 4.38. The molecular formula is C14H20N4O. The summed E-state index contributed by atoms with van der Waals surface area (Å²) in [5.74, 6) is -0.115. The summed E-state index contributed by atoms with van der Waals surface area (Å²) >= 11 is 0. The van der Waals surface area contributed by atoms with Crippen LogP contribution in [0, 0.1) is 0 Å². The molecule has 0 bridgehead atoms. The first-order chi connectivity index (χ1) is 9.24. The number of carbonyl (C=O) groups excluding carboxylic acids is 1.